The Morgan fingerprint density at radius 1 is 0.678 bits per heavy atom. The van der Waals surface area contributed by atoms with E-state index in [1.54, 1.807) is 55.8 Å². The molecule has 0 aliphatic heterocycles. The van der Waals surface area contributed by atoms with Crippen molar-refractivity contribution in [3.63, 3.8) is 0 Å². The number of benzene rings is 2. The van der Waals surface area contributed by atoms with Gasteiger partial charge in [0.1, 0.15) is 66.9 Å². The van der Waals surface area contributed by atoms with Crippen LogP contribution in [0.2, 0.25) is 0 Å². The number of ether oxygens (including phenoxy) is 1. The Balaban J connectivity index is 1.93. The summed E-state index contributed by atoms with van der Waals surface area (Å²) in [5.74, 6) is -11.2. The molecule has 0 radical (unpaired) electrons. The van der Waals surface area contributed by atoms with Gasteiger partial charge in [-0.05, 0) is 107 Å². The van der Waals surface area contributed by atoms with E-state index in [1.165, 1.54) is 25.7 Å². The van der Waals surface area contributed by atoms with Crippen molar-refractivity contribution in [2.45, 2.75) is 149 Å². The van der Waals surface area contributed by atoms with Crippen LogP contribution in [0.3, 0.4) is 0 Å². The summed E-state index contributed by atoms with van der Waals surface area (Å²) in [5.41, 5.74) is 0.343. The van der Waals surface area contributed by atoms with E-state index in [4.69, 9.17) is 9.84 Å². The van der Waals surface area contributed by atoms with Gasteiger partial charge in [-0.15, -0.1) is 0 Å². The molecule has 2 aromatic carbocycles. The molecule has 498 valence electrons. The standard InChI is InChI=1S/C61H88F2N10O16S/c1-36(75)30-48(71-55(82)38(3)66-54(81)37(2)67-57(84)45(68-39(4)76)18-14-15-25-65-60(88)89-28-29-90(8,9)10)58(85)70-46(56(83)64-26-23-50(77)69-47(59(86)87)21-22-52(79)80)24-27-73(51(78)35-74)53(61(5,6)7)49-31-41(43-32-42(62)19-20-44(43)63)34-72(49)33-40-16-12-11-13-17-40/h11-13,16-17,19-20,31-32,34,37-38,45-48,53,74H,14-15,18,21-30,33,35H2,1-10H3,(H,64,83)(H,65,88)(H,66,81)(H,67,84)(H,68,76)(H,69,77)(H,70,85)(H,71,82)(H,79,80)(H,86,87)/t37-,38-,45-,46-,47-,48-,53-/m0/s1. The summed E-state index contributed by atoms with van der Waals surface area (Å²) in [4.78, 5) is 157. The van der Waals surface area contributed by atoms with Crippen LogP contribution in [0.15, 0.2) is 60.8 Å². The molecule has 0 saturated carbocycles. The third-order valence-electron chi connectivity index (χ3n) is 13.9. The van der Waals surface area contributed by atoms with Crippen LogP contribution in [-0.2, 0) is 64.0 Å². The number of Topliss-reactive ketones (excluding diaryl/α,β-unsaturated/α-hetero) is 1. The highest BCUT2D eigenvalue weighted by atomic mass is 32.3. The van der Waals surface area contributed by atoms with Crippen LogP contribution in [0, 0.1) is 17.0 Å². The molecule has 1 heterocycles. The number of nitrogens with one attached hydrogen (secondary N) is 8. The highest BCUT2D eigenvalue weighted by molar-refractivity contribution is 8.32. The quantitative estimate of drug-likeness (QED) is 0.0370. The minimum absolute atomic E-state index is 0.0967. The van der Waals surface area contributed by atoms with Crippen molar-refractivity contribution >= 4 is 81.1 Å². The highest BCUT2D eigenvalue weighted by Crippen LogP contribution is 2.41. The topological polar surface area (TPSA) is 379 Å². The summed E-state index contributed by atoms with van der Waals surface area (Å²) in [5, 5.41) is 48.8. The number of amides is 9. The number of ketones is 1. The second kappa shape index (κ2) is 36.3. The van der Waals surface area contributed by atoms with Gasteiger partial charge in [-0.1, -0.05) is 51.1 Å². The van der Waals surface area contributed by atoms with Crippen molar-refractivity contribution in [3.05, 3.63) is 83.7 Å². The molecule has 0 spiro atoms. The van der Waals surface area contributed by atoms with Crippen LogP contribution < -0.4 is 42.5 Å². The number of hydrogen-bond donors (Lipinski definition) is 11. The number of carbonyl (C=O) groups excluding carboxylic acids is 10. The molecule has 0 aliphatic carbocycles. The third kappa shape index (κ3) is 26.7. The SMILES string of the molecule is CC(=O)C[C@H](NC(=O)[C@H](C)NC(=O)[C@H](C)NC(=O)[C@H](CCCCNC(=O)OCCS(C)(C)C)NC(C)=O)C(=O)N[C@@H](CCN(C(=O)CO)[C@@H](c1cc(-c2cc(F)ccc2F)cn1Cc1ccccc1)C(C)(C)C)C(=O)NCCC(=O)N[C@@H](CCC(=O)O)C(=O)O. The van der Waals surface area contributed by atoms with Crippen molar-refractivity contribution < 1.29 is 86.4 Å². The summed E-state index contributed by atoms with van der Waals surface area (Å²) < 4.78 is 37.1. The van der Waals surface area contributed by atoms with Gasteiger partial charge in [-0.2, -0.15) is 0 Å². The summed E-state index contributed by atoms with van der Waals surface area (Å²) in [6, 6.07) is 3.67. The van der Waals surface area contributed by atoms with Crippen LogP contribution in [-0.4, -0.2) is 189 Å². The van der Waals surface area contributed by atoms with E-state index < -0.39 is 192 Å². The van der Waals surface area contributed by atoms with Gasteiger partial charge in [0.15, 0.2) is 0 Å². The zero-order chi connectivity index (χ0) is 67.6. The molecule has 9 amide bonds. The lowest BCUT2D eigenvalue weighted by molar-refractivity contribution is -0.143. The van der Waals surface area contributed by atoms with E-state index >= 15 is 4.39 Å². The maximum absolute atomic E-state index is 15.5. The molecule has 26 nitrogen and oxygen atoms in total. The van der Waals surface area contributed by atoms with Crippen molar-refractivity contribution in [1.82, 2.24) is 52.0 Å². The number of carboxylic acid groups (broad SMARTS) is 2. The van der Waals surface area contributed by atoms with Gasteiger partial charge >= 0.3 is 18.0 Å². The van der Waals surface area contributed by atoms with Gasteiger partial charge in [0.05, 0.1) is 6.04 Å². The van der Waals surface area contributed by atoms with Gasteiger partial charge in [0.25, 0.3) is 0 Å². The van der Waals surface area contributed by atoms with Crippen LogP contribution in [0.4, 0.5) is 13.6 Å². The van der Waals surface area contributed by atoms with Crippen LogP contribution in [0.25, 0.3) is 11.1 Å². The van der Waals surface area contributed by atoms with Crippen molar-refractivity contribution in [1.29, 1.82) is 0 Å². The molecule has 29 heteroatoms. The first kappa shape index (κ1) is 75.8. The van der Waals surface area contributed by atoms with Crippen LogP contribution >= 0.6 is 10.0 Å². The van der Waals surface area contributed by atoms with Crippen LogP contribution in [0.1, 0.15) is 117 Å². The number of halogens is 2. The van der Waals surface area contributed by atoms with Crippen LogP contribution in [0.5, 0.6) is 0 Å². The molecule has 11 N–H and O–H groups in total. The van der Waals surface area contributed by atoms with E-state index in [9.17, 15) is 72.1 Å². The fourth-order valence-corrected chi connectivity index (χ4v) is 9.90. The van der Waals surface area contributed by atoms with Crippen molar-refractivity contribution in [2.24, 2.45) is 5.41 Å². The van der Waals surface area contributed by atoms with Gasteiger partial charge in [-0.25, -0.2) is 28.4 Å². The minimum atomic E-state index is -1.74. The van der Waals surface area contributed by atoms with E-state index in [-0.39, 0.29) is 37.2 Å². The van der Waals surface area contributed by atoms with Crippen molar-refractivity contribution in [3.8, 4) is 11.1 Å². The van der Waals surface area contributed by atoms with Gasteiger partial charge in [-0.3, -0.25) is 47.9 Å². The van der Waals surface area contributed by atoms with E-state index in [0.717, 1.165) is 36.4 Å². The zero-order valence-electron chi connectivity index (χ0n) is 52.6. The van der Waals surface area contributed by atoms with Gasteiger partial charge in [0, 0.05) is 81.1 Å². The van der Waals surface area contributed by atoms with E-state index in [1.807, 2.05) is 12.1 Å². The monoisotopic (exact) mass is 1290 g/mol. The molecule has 3 rings (SSSR count). The maximum Gasteiger partial charge on any atom is 0.407 e. The number of hydrogen-bond acceptors (Lipinski definition) is 14. The molecule has 0 bridgehead atoms. The largest absolute Gasteiger partial charge is 0.481 e. The molecule has 7 atom stereocenters. The molecule has 0 unspecified atom stereocenters. The summed E-state index contributed by atoms with van der Waals surface area (Å²) in [6.45, 7) is 8.83. The number of rotatable bonds is 37. The Kier molecular flexibility index (Phi) is 30.5. The normalized spacial score (nSPS) is 13.9. The second-order valence-electron chi connectivity index (χ2n) is 23.7. The lowest BCUT2D eigenvalue weighted by Crippen LogP contribution is -2.58. The molecule has 0 aliphatic rings. The summed E-state index contributed by atoms with van der Waals surface area (Å²) in [7, 11) is -0.858. The molecule has 0 fully saturated rings. The number of nitrogens with zero attached hydrogens (tertiary/aromatic N) is 2. The zero-order valence-corrected chi connectivity index (χ0v) is 53.4. The molecule has 0 saturated heterocycles. The average Bonchev–Trinajstić information content (AvgIpc) is 1.63. The predicted octanol–water partition coefficient (Wildman–Crippen LogP) is 2.77. The maximum atomic E-state index is 15.5. The van der Waals surface area contributed by atoms with E-state index in [0.29, 0.717) is 18.5 Å². The highest BCUT2D eigenvalue weighted by Gasteiger charge is 2.39. The predicted molar refractivity (Wildman–Crippen MR) is 330 cm³/mol. The Bertz CT molecular complexity index is 3010. The smallest absolute Gasteiger partial charge is 0.407 e. The Morgan fingerprint density at radius 2 is 1.29 bits per heavy atom. The van der Waals surface area contributed by atoms with Crippen molar-refractivity contribution in [2.75, 3.05) is 57.4 Å². The first-order valence-corrected chi connectivity index (χ1v) is 32.3. The third-order valence-corrected chi connectivity index (χ3v) is 15.3. The molecule has 1 aromatic heterocycles. The van der Waals surface area contributed by atoms with Gasteiger partial charge in [0.2, 0.25) is 47.3 Å². The Labute approximate surface area is 523 Å². The number of aliphatic carboxylic acids is 2. The number of aromatic nitrogens is 1. The Hall–Kier alpha value is -8.47. The summed E-state index contributed by atoms with van der Waals surface area (Å²) in [6.07, 6.45) is 5.45. The second-order valence-corrected chi connectivity index (χ2v) is 28.3. The average molecular weight is 1290 g/mol. The number of unbranched alkanes of at least 4 members (excludes halogenated alkanes) is 1. The number of carboxylic acids is 2. The fraction of sp³-hybridized carbons (Fsp3) is 0.541. The fourth-order valence-electron chi connectivity index (χ4n) is 9.31. The number of aliphatic hydroxyl groups is 1. The van der Waals surface area contributed by atoms with Gasteiger partial charge < -0.3 is 72.1 Å². The minimum Gasteiger partial charge on any atom is -0.481 e. The lowest BCUT2D eigenvalue weighted by Gasteiger charge is -2.41. The molecule has 90 heavy (non-hydrogen) atoms. The first-order valence-electron chi connectivity index (χ1n) is 29.3. The Morgan fingerprint density at radius 3 is 1.88 bits per heavy atom. The number of aliphatic hydroxyl groups excluding tert-OH is 1. The lowest BCUT2D eigenvalue weighted by atomic mass is 9.82. The first-order chi connectivity index (χ1) is 42.1. The molecule has 3 aromatic rings. The number of alkyl carbamates (subject to hydrolysis) is 1. The van der Waals surface area contributed by atoms with E-state index in [2.05, 4.69) is 61.3 Å². The molecular weight excluding hydrogens is 1200 g/mol. The molecular formula is C61H88F2N10O16S. The number of carbonyl (C=O) groups is 12. The summed E-state index contributed by atoms with van der Waals surface area (Å²) >= 11 is 0.